The lowest BCUT2D eigenvalue weighted by Gasteiger charge is -2.41. The minimum absolute atomic E-state index is 0.0499. The van der Waals surface area contributed by atoms with E-state index in [-0.39, 0.29) is 25.3 Å². The number of nitrogens with one attached hydrogen (secondary N) is 1. The maximum atomic E-state index is 13.9. The number of likely N-dealkylation sites (tertiary alicyclic amines) is 1. The molecule has 1 aliphatic heterocycles. The molecule has 0 aromatic heterocycles. The molecule has 2 rings (SSSR count). The van der Waals surface area contributed by atoms with Gasteiger partial charge in [-0.2, -0.15) is 8.78 Å². The Morgan fingerprint density at radius 3 is 2.60 bits per heavy atom. The van der Waals surface area contributed by atoms with Crippen LogP contribution in [0.4, 0.5) is 8.78 Å². The number of aliphatic hydroxyl groups is 1. The number of hydrogen-bond acceptors (Lipinski definition) is 3. The lowest BCUT2D eigenvalue weighted by Crippen LogP contribution is -2.62. The van der Waals surface area contributed by atoms with Gasteiger partial charge in [0.2, 0.25) is 5.91 Å². The lowest BCUT2D eigenvalue weighted by atomic mass is 9.75. The number of rotatable bonds is 4. The highest BCUT2D eigenvalue weighted by Crippen LogP contribution is 2.44. The Kier molecular flexibility index (Phi) is 4.00. The van der Waals surface area contributed by atoms with Gasteiger partial charge in [0.25, 0.3) is 5.91 Å². The molecule has 2 aliphatic rings. The quantitative estimate of drug-likeness (QED) is 0.799. The van der Waals surface area contributed by atoms with Crippen LogP contribution in [0.5, 0.6) is 0 Å². The predicted molar refractivity (Wildman–Crippen MR) is 67.2 cm³/mol. The first-order valence-corrected chi connectivity index (χ1v) is 6.99. The van der Waals surface area contributed by atoms with Gasteiger partial charge in [-0.25, -0.2) is 0 Å². The zero-order valence-electron chi connectivity index (χ0n) is 11.5. The second kappa shape index (κ2) is 5.27. The lowest BCUT2D eigenvalue weighted by molar-refractivity contribution is -0.216. The van der Waals surface area contributed by atoms with Crippen LogP contribution < -0.4 is 5.32 Å². The minimum atomic E-state index is -3.77. The molecule has 114 valence electrons. The van der Waals surface area contributed by atoms with Crippen LogP contribution in [-0.2, 0) is 9.59 Å². The zero-order valence-corrected chi connectivity index (χ0v) is 11.5. The Labute approximate surface area is 116 Å². The van der Waals surface area contributed by atoms with Crippen LogP contribution in [0.2, 0.25) is 0 Å². The summed E-state index contributed by atoms with van der Waals surface area (Å²) in [6, 6.07) is -0.465. The van der Waals surface area contributed by atoms with Gasteiger partial charge in [-0.05, 0) is 25.7 Å². The molecule has 1 saturated heterocycles. The molecule has 1 saturated carbocycles. The van der Waals surface area contributed by atoms with Crippen LogP contribution in [0.15, 0.2) is 0 Å². The summed E-state index contributed by atoms with van der Waals surface area (Å²) in [5.74, 6) is -5.26. The molecule has 1 heterocycles. The van der Waals surface area contributed by atoms with E-state index in [1.807, 2.05) is 0 Å². The topological polar surface area (TPSA) is 69.6 Å². The first kappa shape index (κ1) is 15.2. The summed E-state index contributed by atoms with van der Waals surface area (Å²) >= 11 is 0. The Bertz CT molecular complexity index is 410. The Morgan fingerprint density at radius 1 is 1.45 bits per heavy atom. The standard InChI is InChI=1S/C13H20F2N2O3/c1-2-10(18)17-7-4-9(8-17)16-11(19)13(14,15)12(20)5-3-6-12/h9,20H,2-8H2,1H3,(H,16,19). The number of nitrogens with zero attached hydrogens (tertiary/aromatic N) is 1. The van der Waals surface area contributed by atoms with E-state index in [0.29, 0.717) is 25.8 Å². The monoisotopic (exact) mass is 290 g/mol. The molecule has 20 heavy (non-hydrogen) atoms. The average molecular weight is 290 g/mol. The van der Waals surface area contributed by atoms with Crippen LogP contribution in [0, 0.1) is 0 Å². The van der Waals surface area contributed by atoms with Gasteiger partial charge < -0.3 is 15.3 Å². The van der Waals surface area contributed by atoms with Gasteiger partial charge in [0, 0.05) is 25.6 Å². The largest absolute Gasteiger partial charge is 0.383 e. The molecule has 5 nitrogen and oxygen atoms in total. The van der Waals surface area contributed by atoms with Crippen molar-refractivity contribution >= 4 is 11.8 Å². The van der Waals surface area contributed by atoms with Crippen molar-refractivity contribution in [2.45, 2.75) is 56.6 Å². The Balaban J connectivity index is 1.91. The van der Waals surface area contributed by atoms with Gasteiger partial charge in [0.15, 0.2) is 0 Å². The number of carbonyl (C=O) groups excluding carboxylic acids is 2. The predicted octanol–water partition coefficient (Wildman–Crippen LogP) is 0.664. The Morgan fingerprint density at radius 2 is 2.10 bits per heavy atom. The number of alkyl halides is 2. The summed E-state index contributed by atoms with van der Waals surface area (Å²) in [6.07, 6.45) is 1.21. The fourth-order valence-electron chi connectivity index (χ4n) is 2.64. The maximum Gasteiger partial charge on any atom is 0.352 e. The molecule has 7 heteroatoms. The fraction of sp³-hybridized carbons (Fsp3) is 0.846. The van der Waals surface area contributed by atoms with E-state index in [4.69, 9.17) is 0 Å². The summed E-state index contributed by atoms with van der Waals surface area (Å²) in [5, 5.41) is 11.9. The van der Waals surface area contributed by atoms with Crippen molar-refractivity contribution in [1.82, 2.24) is 10.2 Å². The Hall–Kier alpha value is -1.24. The minimum Gasteiger partial charge on any atom is -0.383 e. The van der Waals surface area contributed by atoms with E-state index in [1.165, 1.54) is 0 Å². The summed E-state index contributed by atoms with van der Waals surface area (Å²) < 4.78 is 27.8. The van der Waals surface area contributed by atoms with Crippen molar-refractivity contribution < 1.29 is 23.5 Å². The van der Waals surface area contributed by atoms with Crippen molar-refractivity contribution in [1.29, 1.82) is 0 Å². The van der Waals surface area contributed by atoms with Gasteiger partial charge >= 0.3 is 5.92 Å². The van der Waals surface area contributed by atoms with Crippen LogP contribution in [0.1, 0.15) is 39.0 Å². The van der Waals surface area contributed by atoms with E-state index in [9.17, 15) is 23.5 Å². The van der Waals surface area contributed by atoms with E-state index in [2.05, 4.69) is 5.32 Å². The van der Waals surface area contributed by atoms with Crippen molar-refractivity contribution in [3.8, 4) is 0 Å². The van der Waals surface area contributed by atoms with Gasteiger partial charge in [-0.15, -0.1) is 0 Å². The number of hydrogen-bond donors (Lipinski definition) is 2. The van der Waals surface area contributed by atoms with Gasteiger partial charge in [0.05, 0.1) is 0 Å². The van der Waals surface area contributed by atoms with Crippen LogP contribution in [0.3, 0.4) is 0 Å². The van der Waals surface area contributed by atoms with Gasteiger partial charge in [-0.1, -0.05) is 6.92 Å². The summed E-state index contributed by atoms with van der Waals surface area (Å²) in [4.78, 5) is 24.7. The van der Waals surface area contributed by atoms with Gasteiger partial charge in [-0.3, -0.25) is 9.59 Å². The highest BCUT2D eigenvalue weighted by Gasteiger charge is 2.61. The van der Waals surface area contributed by atoms with Crippen LogP contribution in [0.25, 0.3) is 0 Å². The molecule has 2 N–H and O–H groups in total. The third-order valence-corrected chi connectivity index (χ3v) is 4.23. The average Bonchev–Trinajstić information content (AvgIpc) is 2.83. The molecule has 0 aromatic rings. The molecule has 1 aliphatic carbocycles. The molecule has 1 unspecified atom stereocenters. The SMILES string of the molecule is CCC(=O)N1CCC(NC(=O)C(F)(F)C2(O)CCC2)C1. The number of amides is 2. The third-order valence-electron chi connectivity index (χ3n) is 4.23. The first-order valence-electron chi connectivity index (χ1n) is 6.99. The second-order valence-electron chi connectivity index (χ2n) is 5.61. The highest BCUT2D eigenvalue weighted by atomic mass is 19.3. The molecular weight excluding hydrogens is 270 g/mol. The fourth-order valence-corrected chi connectivity index (χ4v) is 2.64. The normalized spacial score (nSPS) is 25.2. The molecule has 0 aromatic carbocycles. The number of carbonyl (C=O) groups is 2. The smallest absolute Gasteiger partial charge is 0.352 e. The van der Waals surface area contributed by atoms with Crippen LogP contribution >= 0.6 is 0 Å². The third kappa shape index (κ3) is 2.51. The first-order chi connectivity index (χ1) is 9.30. The maximum absolute atomic E-state index is 13.9. The van der Waals surface area contributed by atoms with Crippen molar-refractivity contribution in [3.63, 3.8) is 0 Å². The molecule has 1 atom stereocenters. The van der Waals surface area contributed by atoms with E-state index in [1.54, 1.807) is 11.8 Å². The summed E-state index contributed by atoms with van der Waals surface area (Å²) in [5.41, 5.74) is -2.20. The molecule has 0 radical (unpaired) electrons. The van der Waals surface area contributed by atoms with E-state index in [0.717, 1.165) is 0 Å². The van der Waals surface area contributed by atoms with Crippen molar-refractivity contribution in [2.24, 2.45) is 0 Å². The summed E-state index contributed by atoms with van der Waals surface area (Å²) in [7, 11) is 0. The van der Waals surface area contributed by atoms with Crippen molar-refractivity contribution in [2.75, 3.05) is 13.1 Å². The van der Waals surface area contributed by atoms with Gasteiger partial charge in [0.1, 0.15) is 5.60 Å². The molecule has 0 bridgehead atoms. The zero-order chi connectivity index (χ0) is 15.0. The number of halogens is 2. The van der Waals surface area contributed by atoms with Crippen LogP contribution in [-0.4, -0.2) is 52.5 Å². The van der Waals surface area contributed by atoms with E-state index >= 15 is 0 Å². The van der Waals surface area contributed by atoms with E-state index < -0.39 is 23.5 Å². The molecule has 2 fully saturated rings. The molecule has 0 spiro atoms. The molecule has 2 amide bonds. The van der Waals surface area contributed by atoms with Crippen molar-refractivity contribution in [3.05, 3.63) is 0 Å². The summed E-state index contributed by atoms with van der Waals surface area (Å²) in [6.45, 7) is 2.45. The molecular formula is C13H20F2N2O3. The highest BCUT2D eigenvalue weighted by molar-refractivity contribution is 5.85. The second-order valence-corrected chi connectivity index (χ2v) is 5.61.